The Morgan fingerprint density at radius 2 is 1.95 bits per heavy atom. The minimum atomic E-state index is -1.22. The predicted molar refractivity (Wildman–Crippen MR) is 78.0 cm³/mol. The van der Waals surface area contributed by atoms with Gasteiger partial charge in [-0.2, -0.15) is 5.26 Å². The molecule has 1 aromatic carbocycles. The Hall–Kier alpha value is -2.72. The number of pyridine rings is 1. The zero-order valence-corrected chi connectivity index (χ0v) is 12.1. The molecule has 6 nitrogen and oxygen atoms in total. The van der Waals surface area contributed by atoms with Gasteiger partial charge in [0.05, 0.1) is 11.3 Å². The lowest BCUT2D eigenvalue weighted by molar-refractivity contribution is 0.0690. The number of nitriles is 1. The molecular formula is C14H8BrN3O3. The number of rotatable bonds is 3. The number of nitrogens with zero attached hydrogens (tertiary/aromatic N) is 2. The molecule has 2 N–H and O–H groups in total. The lowest BCUT2D eigenvalue weighted by Gasteiger charge is -2.07. The molecule has 1 aromatic heterocycles. The zero-order chi connectivity index (χ0) is 15.4. The van der Waals surface area contributed by atoms with Gasteiger partial charge in [-0.15, -0.1) is 0 Å². The van der Waals surface area contributed by atoms with Gasteiger partial charge in [0, 0.05) is 4.47 Å². The standard InChI is InChI=1S/C14H8BrN3O3/c15-9-4-5-10(8(6-9)7-16)18-13(19)11-2-1-3-12(17-11)14(20)21/h1-6H,(H,18,19)(H,20,21). The monoisotopic (exact) mass is 345 g/mol. The van der Waals surface area contributed by atoms with Crippen molar-refractivity contribution in [3.63, 3.8) is 0 Å². The molecule has 0 spiro atoms. The number of aromatic nitrogens is 1. The van der Waals surface area contributed by atoms with Crippen molar-refractivity contribution in [1.29, 1.82) is 5.26 Å². The van der Waals surface area contributed by atoms with Crippen LogP contribution in [0.1, 0.15) is 26.5 Å². The van der Waals surface area contributed by atoms with Crippen molar-refractivity contribution < 1.29 is 14.7 Å². The molecule has 1 amide bonds. The predicted octanol–water partition coefficient (Wildman–Crippen LogP) is 2.67. The number of anilines is 1. The van der Waals surface area contributed by atoms with Gasteiger partial charge >= 0.3 is 5.97 Å². The van der Waals surface area contributed by atoms with E-state index in [1.54, 1.807) is 18.2 Å². The molecule has 0 aliphatic rings. The smallest absolute Gasteiger partial charge is 0.354 e. The lowest BCUT2D eigenvalue weighted by atomic mass is 10.2. The summed E-state index contributed by atoms with van der Waals surface area (Å²) in [7, 11) is 0. The molecule has 0 aliphatic carbocycles. The van der Waals surface area contributed by atoms with Crippen LogP contribution in [0.2, 0.25) is 0 Å². The SMILES string of the molecule is N#Cc1cc(Br)ccc1NC(=O)c1cccc(C(=O)O)n1. The van der Waals surface area contributed by atoms with Gasteiger partial charge in [-0.1, -0.05) is 22.0 Å². The maximum atomic E-state index is 12.1. The van der Waals surface area contributed by atoms with Gasteiger partial charge in [0.25, 0.3) is 5.91 Å². The summed E-state index contributed by atoms with van der Waals surface area (Å²) >= 11 is 3.23. The maximum Gasteiger partial charge on any atom is 0.354 e. The quantitative estimate of drug-likeness (QED) is 0.889. The average molecular weight is 346 g/mol. The molecule has 1 heterocycles. The van der Waals surface area contributed by atoms with Gasteiger partial charge in [-0.05, 0) is 30.3 Å². The first kappa shape index (κ1) is 14.7. The first-order valence-electron chi connectivity index (χ1n) is 5.72. The van der Waals surface area contributed by atoms with Crippen LogP contribution in [0.25, 0.3) is 0 Å². The number of carbonyl (C=O) groups excluding carboxylic acids is 1. The second kappa shape index (κ2) is 6.15. The van der Waals surface area contributed by atoms with Crippen LogP contribution in [0.5, 0.6) is 0 Å². The Morgan fingerprint density at radius 3 is 2.62 bits per heavy atom. The number of carbonyl (C=O) groups is 2. The van der Waals surface area contributed by atoms with E-state index in [0.717, 1.165) is 0 Å². The highest BCUT2D eigenvalue weighted by molar-refractivity contribution is 9.10. The van der Waals surface area contributed by atoms with Crippen molar-refractivity contribution in [3.8, 4) is 6.07 Å². The van der Waals surface area contributed by atoms with Crippen molar-refractivity contribution >= 4 is 33.5 Å². The minimum absolute atomic E-state index is 0.0401. The minimum Gasteiger partial charge on any atom is -0.477 e. The van der Waals surface area contributed by atoms with Gasteiger partial charge in [-0.25, -0.2) is 9.78 Å². The lowest BCUT2D eigenvalue weighted by Crippen LogP contribution is -2.16. The van der Waals surface area contributed by atoms with Gasteiger partial charge in [0.2, 0.25) is 0 Å². The summed E-state index contributed by atoms with van der Waals surface area (Å²) in [5.41, 5.74) is 0.348. The summed E-state index contributed by atoms with van der Waals surface area (Å²) < 4.78 is 0.711. The van der Waals surface area contributed by atoms with Crippen LogP contribution in [0.15, 0.2) is 40.9 Å². The molecule has 0 fully saturated rings. The second-order valence-electron chi connectivity index (χ2n) is 3.97. The van der Waals surface area contributed by atoms with Crippen molar-refractivity contribution in [3.05, 3.63) is 57.8 Å². The molecule has 2 rings (SSSR count). The van der Waals surface area contributed by atoms with Crippen molar-refractivity contribution in [2.75, 3.05) is 5.32 Å². The van der Waals surface area contributed by atoms with Crippen LogP contribution in [0.3, 0.4) is 0 Å². The van der Waals surface area contributed by atoms with E-state index in [4.69, 9.17) is 10.4 Å². The first-order valence-corrected chi connectivity index (χ1v) is 6.52. The third-order valence-electron chi connectivity index (χ3n) is 2.55. The van der Waals surface area contributed by atoms with E-state index in [1.807, 2.05) is 6.07 Å². The van der Waals surface area contributed by atoms with Crippen LogP contribution in [-0.2, 0) is 0 Å². The zero-order valence-electron chi connectivity index (χ0n) is 10.5. The molecule has 0 atom stereocenters. The number of amides is 1. The molecule has 0 unspecified atom stereocenters. The van der Waals surface area contributed by atoms with Crippen LogP contribution in [0, 0.1) is 11.3 Å². The van der Waals surface area contributed by atoms with E-state index < -0.39 is 11.9 Å². The van der Waals surface area contributed by atoms with Crippen LogP contribution >= 0.6 is 15.9 Å². The number of benzene rings is 1. The van der Waals surface area contributed by atoms with Crippen LogP contribution in [0.4, 0.5) is 5.69 Å². The number of halogens is 1. The van der Waals surface area contributed by atoms with Gasteiger partial charge in [-0.3, -0.25) is 4.79 Å². The van der Waals surface area contributed by atoms with Gasteiger partial charge < -0.3 is 10.4 Å². The summed E-state index contributed by atoms with van der Waals surface area (Å²) in [5.74, 6) is -1.80. The van der Waals surface area contributed by atoms with Crippen LogP contribution < -0.4 is 5.32 Å². The van der Waals surface area contributed by atoms with E-state index in [9.17, 15) is 9.59 Å². The Labute approximate surface area is 128 Å². The second-order valence-corrected chi connectivity index (χ2v) is 4.88. The third kappa shape index (κ3) is 3.43. The molecule has 2 aromatic rings. The Kier molecular flexibility index (Phi) is 4.30. The molecule has 7 heteroatoms. The van der Waals surface area contributed by atoms with E-state index in [0.29, 0.717) is 10.2 Å². The molecular weight excluding hydrogens is 338 g/mol. The number of nitrogens with one attached hydrogen (secondary N) is 1. The van der Waals surface area contributed by atoms with Gasteiger partial charge in [0.1, 0.15) is 17.5 Å². The van der Waals surface area contributed by atoms with Gasteiger partial charge in [0.15, 0.2) is 0 Å². The van der Waals surface area contributed by atoms with Crippen LogP contribution in [-0.4, -0.2) is 22.0 Å². The Balaban J connectivity index is 2.28. The molecule has 0 saturated carbocycles. The fraction of sp³-hybridized carbons (Fsp3) is 0. The molecule has 104 valence electrons. The first-order chi connectivity index (χ1) is 10.0. The highest BCUT2D eigenvalue weighted by Gasteiger charge is 2.13. The summed E-state index contributed by atoms with van der Waals surface area (Å²) in [6.45, 7) is 0. The van der Waals surface area contributed by atoms with E-state index in [-0.39, 0.29) is 17.0 Å². The molecule has 0 bridgehead atoms. The van der Waals surface area contributed by atoms with Crippen molar-refractivity contribution in [2.24, 2.45) is 0 Å². The van der Waals surface area contributed by atoms with E-state index >= 15 is 0 Å². The number of hydrogen-bond acceptors (Lipinski definition) is 4. The molecule has 21 heavy (non-hydrogen) atoms. The summed E-state index contributed by atoms with van der Waals surface area (Å²) in [6.07, 6.45) is 0. The average Bonchev–Trinajstić information content (AvgIpc) is 2.49. The summed E-state index contributed by atoms with van der Waals surface area (Å²) in [4.78, 5) is 26.6. The molecule has 0 aliphatic heterocycles. The number of carboxylic acid groups (broad SMARTS) is 1. The largest absolute Gasteiger partial charge is 0.477 e. The third-order valence-corrected chi connectivity index (χ3v) is 3.04. The summed E-state index contributed by atoms with van der Waals surface area (Å²) in [5, 5.41) is 20.4. The number of carboxylic acids is 1. The number of hydrogen-bond donors (Lipinski definition) is 2. The fourth-order valence-corrected chi connectivity index (χ4v) is 1.95. The molecule has 0 radical (unpaired) electrons. The van der Waals surface area contributed by atoms with Crippen molar-refractivity contribution in [2.45, 2.75) is 0 Å². The highest BCUT2D eigenvalue weighted by atomic mass is 79.9. The molecule has 0 saturated heterocycles. The maximum absolute atomic E-state index is 12.1. The topological polar surface area (TPSA) is 103 Å². The number of aromatic carboxylic acids is 1. The van der Waals surface area contributed by atoms with E-state index in [1.165, 1.54) is 18.2 Å². The highest BCUT2D eigenvalue weighted by Crippen LogP contribution is 2.20. The Morgan fingerprint density at radius 1 is 1.24 bits per heavy atom. The Bertz CT molecular complexity index is 768. The normalized spacial score (nSPS) is 9.71. The van der Waals surface area contributed by atoms with Crippen molar-refractivity contribution in [1.82, 2.24) is 4.98 Å². The summed E-state index contributed by atoms with van der Waals surface area (Å²) in [6, 6.07) is 10.9. The van der Waals surface area contributed by atoms with E-state index in [2.05, 4.69) is 26.2 Å². The fourth-order valence-electron chi connectivity index (χ4n) is 1.58.